The monoisotopic (exact) mass is 356 g/mol. The van der Waals surface area contributed by atoms with Crippen LogP contribution in [0, 0.1) is 5.82 Å². The molecule has 0 aliphatic rings. The molecule has 0 saturated heterocycles. The van der Waals surface area contributed by atoms with Gasteiger partial charge in [-0.15, -0.1) is 11.6 Å². The van der Waals surface area contributed by atoms with Crippen LogP contribution in [0.4, 0.5) is 4.39 Å². The molecule has 0 spiro atoms. The minimum atomic E-state index is -3.84. The molecular weight excluding hydrogens is 343 g/mol. The third kappa shape index (κ3) is 4.27. The number of pyridine rings is 1. The molecule has 1 aromatic heterocycles. The third-order valence-corrected chi connectivity index (χ3v) is 5.54. The number of halogens is 2. The number of aromatic nitrogens is 1. The fourth-order valence-corrected chi connectivity index (χ4v) is 3.75. The molecule has 1 N–H and O–H groups in total. The van der Waals surface area contributed by atoms with Gasteiger partial charge in [0.15, 0.2) is 9.84 Å². The van der Waals surface area contributed by atoms with Crippen LogP contribution in [-0.4, -0.2) is 31.7 Å². The first kappa shape index (κ1) is 17.4. The molecule has 1 amide bonds. The summed E-state index contributed by atoms with van der Waals surface area (Å²) in [5, 5.41) is 1.42. The van der Waals surface area contributed by atoms with Crippen molar-refractivity contribution < 1.29 is 17.6 Å². The fraction of sp³-hybridized carbons (Fsp3) is 0.200. The number of carbonyl (C=O) groups excluding carboxylic acids is 1. The van der Waals surface area contributed by atoms with Gasteiger partial charge in [-0.1, -0.05) is 6.07 Å². The molecule has 0 radical (unpaired) electrons. The van der Waals surface area contributed by atoms with Gasteiger partial charge in [-0.25, -0.2) is 12.8 Å². The minimum Gasteiger partial charge on any atom is -0.353 e. The minimum absolute atomic E-state index is 0.0344. The van der Waals surface area contributed by atoms with E-state index in [1.54, 1.807) is 12.1 Å². The Kier molecular flexibility index (Phi) is 5.68. The first-order valence-electron chi connectivity index (χ1n) is 6.67. The number of rotatable bonds is 6. The van der Waals surface area contributed by atoms with Crippen LogP contribution in [0.3, 0.4) is 0 Å². The van der Waals surface area contributed by atoms with E-state index in [0.29, 0.717) is 5.56 Å². The smallest absolute Gasteiger partial charge is 0.234 e. The van der Waals surface area contributed by atoms with Crippen LogP contribution in [0.5, 0.6) is 0 Å². The van der Waals surface area contributed by atoms with Crippen molar-refractivity contribution in [1.29, 1.82) is 0 Å². The molecule has 0 aliphatic carbocycles. The van der Waals surface area contributed by atoms with Gasteiger partial charge in [0, 0.05) is 18.9 Å². The van der Waals surface area contributed by atoms with Crippen LogP contribution in [0.15, 0.2) is 53.7 Å². The van der Waals surface area contributed by atoms with E-state index in [4.69, 9.17) is 11.6 Å². The number of carbonyl (C=O) groups is 1. The second-order valence-electron chi connectivity index (χ2n) is 4.71. The van der Waals surface area contributed by atoms with E-state index in [9.17, 15) is 17.6 Å². The van der Waals surface area contributed by atoms with Gasteiger partial charge < -0.3 is 5.32 Å². The molecule has 1 atom stereocenters. The first-order chi connectivity index (χ1) is 10.9. The molecule has 0 fully saturated rings. The van der Waals surface area contributed by atoms with Crippen LogP contribution in [0.1, 0.15) is 10.8 Å². The number of hydrogen-bond donors (Lipinski definition) is 1. The molecule has 0 unspecified atom stereocenters. The zero-order valence-corrected chi connectivity index (χ0v) is 13.5. The van der Waals surface area contributed by atoms with Crippen molar-refractivity contribution in [2.75, 3.05) is 12.4 Å². The summed E-state index contributed by atoms with van der Waals surface area (Å²) >= 11 is 5.41. The maximum Gasteiger partial charge on any atom is 0.234 e. The molecule has 8 heteroatoms. The molecule has 2 aromatic rings. The number of sulfone groups is 1. The van der Waals surface area contributed by atoms with Gasteiger partial charge in [-0.05, 0) is 35.9 Å². The van der Waals surface area contributed by atoms with E-state index >= 15 is 0 Å². The summed E-state index contributed by atoms with van der Waals surface area (Å²) < 4.78 is 38.6. The number of nitrogens with one attached hydrogen (secondary N) is 1. The largest absolute Gasteiger partial charge is 0.353 e. The SMILES string of the molecule is O=C(CCl)NC[C@H](c1cccnc1)S(=O)(=O)c1ccc(F)cc1. The molecule has 2 rings (SSSR count). The van der Waals surface area contributed by atoms with Crippen molar-refractivity contribution in [2.45, 2.75) is 10.1 Å². The standard InChI is InChI=1S/C15H14ClFN2O3S/c16-8-15(20)19-10-14(11-2-1-7-18-9-11)23(21,22)13-5-3-12(17)4-6-13/h1-7,9,14H,8,10H2,(H,19,20)/t14-/m1/s1. The highest BCUT2D eigenvalue weighted by molar-refractivity contribution is 7.91. The lowest BCUT2D eigenvalue weighted by molar-refractivity contribution is -0.118. The predicted octanol–water partition coefficient (Wildman–Crippen LogP) is 2.09. The normalized spacial score (nSPS) is 12.6. The Balaban J connectivity index is 2.39. The van der Waals surface area contributed by atoms with E-state index in [2.05, 4.69) is 10.3 Å². The Bertz CT molecular complexity index is 767. The van der Waals surface area contributed by atoms with Crippen molar-refractivity contribution in [1.82, 2.24) is 10.3 Å². The number of hydrogen-bond acceptors (Lipinski definition) is 4. The van der Waals surface area contributed by atoms with E-state index in [-0.39, 0.29) is 17.3 Å². The maximum atomic E-state index is 13.0. The van der Waals surface area contributed by atoms with Crippen molar-refractivity contribution in [3.05, 3.63) is 60.2 Å². The predicted molar refractivity (Wildman–Crippen MR) is 84.3 cm³/mol. The lowest BCUT2D eigenvalue weighted by atomic mass is 10.2. The third-order valence-electron chi connectivity index (χ3n) is 3.18. The van der Waals surface area contributed by atoms with Crippen LogP contribution in [0.25, 0.3) is 0 Å². The number of alkyl halides is 1. The summed E-state index contributed by atoms with van der Waals surface area (Å²) in [6.07, 6.45) is 2.93. The molecule has 0 saturated carbocycles. The van der Waals surface area contributed by atoms with Crippen molar-refractivity contribution in [2.24, 2.45) is 0 Å². The van der Waals surface area contributed by atoms with Crippen LogP contribution in [-0.2, 0) is 14.6 Å². The molecule has 1 heterocycles. The Morgan fingerprint density at radius 1 is 1.26 bits per heavy atom. The lowest BCUT2D eigenvalue weighted by Crippen LogP contribution is -2.32. The topological polar surface area (TPSA) is 76.1 Å². The zero-order chi connectivity index (χ0) is 16.9. The second-order valence-corrected chi connectivity index (χ2v) is 7.11. The highest BCUT2D eigenvalue weighted by atomic mass is 35.5. The lowest BCUT2D eigenvalue weighted by Gasteiger charge is -2.18. The van der Waals surface area contributed by atoms with Gasteiger partial charge in [-0.2, -0.15) is 0 Å². The van der Waals surface area contributed by atoms with E-state index < -0.39 is 26.8 Å². The quantitative estimate of drug-likeness (QED) is 0.635. The first-order valence-corrected chi connectivity index (χ1v) is 8.75. The maximum absolute atomic E-state index is 13.0. The molecular formula is C15H14ClFN2O3S. The van der Waals surface area contributed by atoms with E-state index in [1.165, 1.54) is 24.5 Å². The van der Waals surface area contributed by atoms with Crippen molar-refractivity contribution in [3.63, 3.8) is 0 Å². The Morgan fingerprint density at radius 3 is 2.52 bits per heavy atom. The van der Waals surface area contributed by atoms with Gasteiger partial charge in [0.1, 0.15) is 16.9 Å². The summed E-state index contributed by atoms with van der Waals surface area (Å²) in [6.45, 7) is -0.156. The highest BCUT2D eigenvalue weighted by Gasteiger charge is 2.29. The van der Waals surface area contributed by atoms with Crippen molar-refractivity contribution in [3.8, 4) is 0 Å². The van der Waals surface area contributed by atoms with Gasteiger partial charge in [0.2, 0.25) is 5.91 Å². The van der Waals surface area contributed by atoms with Crippen LogP contribution < -0.4 is 5.32 Å². The Labute approximate surface area is 138 Å². The average Bonchev–Trinajstić information content (AvgIpc) is 2.56. The highest BCUT2D eigenvalue weighted by Crippen LogP contribution is 2.28. The molecule has 5 nitrogen and oxygen atoms in total. The zero-order valence-electron chi connectivity index (χ0n) is 11.9. The number of benzene rings is 1. The van der Waals surface area contributed by atoms with Gasteiger partial charge in [-0.3, -0.25) is 9.78 Å². The molecule has 0 aliphatic heterocycles. The summed E-state index contributed by atoms with van der Waals surface area (Å²) in [5.41, 5.74) is 0.423. The summed E-state index contributed by atoms with van der Waals surface area (Å²) in [6, 6.07) is 7.74. The Hall–Kier alpha value is -1.99. The molecule has 0 bridgehead atoms. The molecule has 23 heavy (non-hydrogen) atoms. The van der Waals surface area contributed by atoms with Gasteiger partial charge in [0.05, 0.1) is 4.90 Å². The van der Waals surface area contributed by atoms with Gasteiger partial charge >= 0.3 is 0 Å². The fourth-order valence-electron chi connectivity index (χ4n) is 2.02. The number of nitrogens with zero attached hydrogens (tertiary/aromatic N) is 1. The second kappa shape index (κ2) is 7.52. The van der Waals surface area contributed by atoms with E-state index in [1.807, 2.05) is 0 Å². The van der Waals surface area contributed by atoms with Crippen LogP contribution in [0.2, 0.25) is 0 Å². The van der Waals surface area contributed by atoms with E-state index in [0.717, 1.165) is 12.1 Å². The summed E-state index contributed by atoms with van der Waals surface area (Å²) in [4.78, 5) is 15.2. The van der Waals surface area contributed by atoms with Gasteiger partial charge in [0.25, 0.3) is 0 Å². The molecule has 122 valence electrons. The average molecular weight is 357 g/mol. The van der Waals surface area contributed by atoms with Crippen LogP contribution >= 0.6 is 11.6 Å². The number of amides is 1. The summed E-state index contributed by atoms with van der Waals surface area (Å²) in [7, 11) is -3.84. The summed E-state index contributed by atoms with van der Waals surface area (Å²) in [5.74, 6) is -1.27. The Morgan fingerprint density at radius 2 is 1.96 bits per heavy atom. The van der Waals surface area contributed by atoms with Crippen molar-refractivity contribution >= 4 is 27.3 Å². The molecule has 1 aromatic carbocycles.